The van der Waals surface area contributed by atoms with Crippen LogP contribution < -0.4 is 10.6 Å². The molecule has 1 atom stereocenters. The lowest BCUT2D eigenvalue weighted by atomic mass is 9.94. The second kappa shape index (κ2) is 6.95. The normalized spacial score (nSPS) is 26.2. The summed E-state index contributed by atoms with van der Waals surface area (Å²) in [4.78, 5) is 13.6. The third-order valence-electron chi connectivity index (χ3n) is 4.09. The summed E-state index contributed by atoms with van der Waals surface area (Å²) in [5, 5.41) is 6.29. The van der Waals surface area contributed by atoms with Crippen molar-refractivity contribution in [2.24, 2.45) is 5.92 Å². The fraction of sp³-hybridized carbons (Fsp3) is 0.923. The van der Waals surface area contributed by atoms with Crippen molar-refractivity contribution in [2.45, 2.75) is 31.7 Å². The molecule has 0 radical (unpaired) electrons. The Kier molecular flexibility index (Phi) is 5.26. The van der Waals surface area contributed by atoms with Crippen molar-refractivity contribution in [2.75, 3.05) is 39.8 Å². The van der Waals surface area contributed by atoms with Crippen LogP contribution in [-0.2, 0) is 4.74 Å². The van der Waals surface area contributed by atoms with E-state index in [2.05, 4.69) is 20.3 Å². The van der Waals surface area contributed by atoms with Crippen molar-refractivity contribution in [3.05, 3.63) is 0 Å². The van der Waals surface area contributed by atoms with Crippen LogP contribution in [0.25, 0.3) is 0 Å². The van der Waals surface area contributed by atoms with E-state index in [9.17, 15) is 4.79 Å². The number of piperidine rings is 1. The Bertz CT molecular complexity index is 267. The average Bonchev–Trinajstić information content (AvgIpc) is 2.85. The highest BCUT2D eigenvalue weighted by Gasteiger charge is 2.24. The predicted octanol–water partition coefficient (Wildman–Crippen LogP) is 0.806. The Morgan fingerprint density at radius 2 is 2.17 bits per heavy atom. The average molecular weight is 255 g/mol. The van der Waals surface area contributed by atoms with Crippen LogP contribution in [0.2, 0.25) is 0 Å². The third-order valence-corrected chi connectivity index (χ3v) is 4.09. The highest BCUT2D eigenvalue weighted by Crippen LogP contribution is 2.18. The molecule has 2 saturated heterocycles. The number of hydrogen-bond acceptors (Lipinski definition) is 4. The Balaban J connectivity index is 1.61. The zero-order valence-electron chi connectivity index (χ0n) is 11.3. The molecule has 2 fully saturated rings. The second-order valence-electron chi connectivity index (χ2n) is 5.40. The Morgan fingerprint density at radius 3 is 2.89 bits per heavy atom. The summed E-state index contributed by atoms with van der Waals surface area (Å²) in [5.41, 5.74) is 0. The van der Waals surface area contributed by atoms with E-state index in [0.717, 1.165) is 25.4 Å². The van der Waals surface area contributed by atoms with E-state index in [1.54, 1.807) is 0 Å². The van der Waals surface area contributed by atoms with Crippen molar-refractivity contribution in [3.8, 4) is 0 Å². The molecule has 2 N–H and O–H groups in total. The van der Waals surface area contributed by atoms with Gasteiger partial charge in [0, 0.05) is 19.1 Å². The molecule has 2 aliphatic rings. The van der Waals surface area contributed by atoms with Crippen molar-refractivity contribution in [3.63, 3.8) is 0 Å². The highest BCUT2D eigenvalue weighted by molar-refractivity contribution is 5.67. The fourth-order valence-electron chi connectivity index (χ4n) is 2.91. The molecule has 2 heterocycles. The van der Waals surface area contributed by atoms with Crippen molar-refractivity contribution >= 4 is 6.09 Å². The van der Waals surface area contributed by atoms with Gasteiger partial charge in [0.15, 0.2) is 0 Å². The molecular weight excluding hydrogens is 230 g/mol. The van der Waals surface area contributed by atoms with Gasteiger partial charge in [0.05, 0.1) is 7.11 Å². The maximum atomic E-state index is 11.1. The van der Waals surface area contributed by atoms with Crippen LogP contribution in [0.1, 0.15) is 25.7 Å². The van der Waals surface area contributed by atoms with Crippen molar-refractivity contribution < 1.29 is 9.53 Å². The topological polar surface area (TPSA) is 53.6 Å². The van der Waals surface area contributed by atoms with Crippen LogP contribution in [0.5, 0.6) is 0 Å². The molecule has 0 spiro atoms. The first-order valence-corrected chi connectivity index (χ1v) is 7.05. The Morgan fingerprint density at radius 1 is 1.39 bits per heavy atom. The summed E-state index contributed by atoms with van der Waals surface area (Å²) in [6, 6.07) is 0.269. The minimum absolute atomic E-state index is 0.269. The predicted molar refractivity (Wildman–Crippen MR) is 70.6 cm³/mol. The van der Waals surface area contributed by atoms with Gasteiger partial charge >= 0.3 is 6.09 Å². The zero-order valence-corrected chi connectivity index (χ0v) is 11.3. The van der Waals surface area contributed by atoms with Gasteiger partial charge < -0.3 is 20.3 Å². The lowest BCUT2D eigenvalue weighted by Gasteiger charge is -2.25. The summed E-state index contributed by atoms with van der Waals surface area (Å²) in [6.45, 7) is 5.60. The fourth-order valence-corrected chi connectivity index (χ4v) is 2.91. The number of alkyl carbamates (subject to hydrolysis) is 1. The van der Waals surface area contributed by atoms with E-state index in [1.165, 1.54) is 46.0 Å². The summed E-state index contributed by atoms with van der Waals surface area (Å²) < 4.78 is 4.63. The lowest BCUT2D eigenvalue weighted by Crippen LogP contribution is -2.37. The van der Waals surface area contributed by atoms with Gasteiger partial charge in [-0.3, -0.25) is 0 Å². The van der Waals surface area contributed by atoms with Gasteiger partial charge in [0.1, 0.15) is 0 Å². The molecule has 18 heavy (non-hydrogen) atoms. The van der Waals surface area contributed by atoms with Crippen LogP contribution in [0.4, 0.5) is 4.79 Å². The van der Waals surface area contributed by atoms with E-state index in [0.29, 0.717) is 0 Å². The Hall–Kier alpha value is -0.810. The molecule has 0 aromatic rings. The van der Waals surface area contributed by atoms with Crippen LogP contribution in [-0.4, -0.2) is 56.9 Å². The van der Waals surface area contributed by atoms with Crippen molar-refractivity contribution in [1.29, 1.82) is 0 Å². The van der Waals surface area contributed by atoms with Crippen LogP contribution in [0, 0.1) is 5.92 Å². The molecule has 5 heteroatoms. The first kappa shape index (κ1) is 13.6. The smallest absolute Gasteiger partial charge is 0.407 e. The van der Waals surface area contributed by atoms with Gasteiger partial charge in [0.25, 0.3) is 0 Å². The zero-order chi connectivity index (χ0) is 12.8. The summed E-state index contributed by atoms with van der Waals surface area (Å²) >= 11 is 0. The van der Waals surface area contributed by atoms with Crippen LogP contribution in [0.15, 0.2) is 0 Å². The standard InChI is InChI=1S/C13H25N3O2/c1-18-13(17)15-12-5-9-16(10-12)8-4-11-2-6-14-7-3-11/h11-12,14H,2-10H2,1H3,(H,15,17). The molecular formula is C13H25N3O2. The maximum absolute atomic E-state index is 11.1. The SMILES string of the molecule is COC(=O)NC1CCN(CCC2CCNCC2)C1. The minimum Gasteiger partial charge on any atom is -0.453 e. The summed E-state index contributed by atoms with van der Waals surface area (Å²) in [7, 11) is 1.42. The largest absolute Gasteiger partial charge is 0.453 e. The van der Waals surface area contributed by atoms with Gasteiger partial charge in [-0.2, -0.15) is 0 Å². The maximum Gasteiger partial charge on any atom is 0.407 e. The monoisotopic (exact) mass is 255 g/mol. The quantitative estimate of drug-likeness (QED) is 0.780. The lowest BCUT2D eigenvalue weighted by molar-refractivity contribution is 0.166. The molecule has 2 aliphatic heterocycles. The summed E-state index contributed by atoms with van der Waals surface area (Å²) in [6.07, 6.45) is 4.67. The van der Waals surface area contributed by atoms with Gasteiger partial charge in [-0.25, -0.2) is 4.79 Å². The molecule has 0 aromatic heterocycles. The number of ether oxygens (including phenoxy) is 1. The van der Waals surface area contributed by atoms with E-state index in [1.807, 2.05) is 0 Å². The van der Waals surface area contributed by atoms with Gasteiger partial charge in [-0.15, -0.1) is 0 Å². The van der Waals surface area contributed by atoms with Gasteiger partial charge in [-0.05, 0) is 51.2 Å². The van der Waals surface area contributed by atoms with Crippen LogP contribution >= 0.6 is 0 Å². The van der Waals surface area contributed by atoms with E-state index in [-0.39, 0.29) is 12.1 Å². The first-order valence-electron chi connectivity index (χ1n) is 7.05. The van der Waals surface area contributed by atoms with Crippen LogP contribution in [0.3, 0.4) is 0 Å². The first-order chi connectivity index (χ1) is 8.78. The molecule has 0 aromatic carbocycles. The Labute approximate surface area is 109 Å². The number of likely N-dealkylation sites (tertiary alicyclic amines) is 1. The van der Waals surface area contributed by atoms with E-state index < -0.39 is 0 Å². The molecule has 0 bridgehead atoms. The van der Waals surface area contributed by atoms with Gasteiger partial charge in [0.2, 0.25) is 0 Å². The number of carbonyl (C=O) groups excluding carboxylic acids is 1. The minimum atomic E-state index is -0.305. The number of nitrogens with zero attached hydrogens (tertiary/aromatic N) is 1. The number of rotatable bonds is 4. The molecule has 1 amide bonds. The number of carbonyl (C=O) groups is 1. The van der Waals surface area contributed by atoms with Gasteiger partial charge in [-0.1, -0.05) is 0 Å². The molecule has 2 rings (SSSR count). The van der Waals surface area contributed by atoms with E-state index in [4.69, 9.17) is 0 Å². The highest BCUT2D eigenvalue weighted by atomic mass is 16.5. The second-order valence-corrected chi connectivity index (χ2v) is 5.40. The van der Waals surface area contributed by atoms with Crippen molar-refractivity contribution in [1.82, 2.24) is 15.5 Å². The molecule has 0 aliphatic carbocycles. The molecule has 104 valence electrons. The molecule has 1 unspecified atom stereocenters. The summed E-state index contributed by atoms with van der Waals surface area (Å²) in [5.74, 6) is 0.888. The number of nitrogens with one attached hydrogen (secondary N) is 2. The van der Waals surface area contributed by atoms with E-state index >= 15 is 0 Å². The number of hydrogen-bond donors (Lipinski definition) is 2. The number of amides is 1. The third kappa shape index (κ3) is 4.14. The molecule has 5 nitrogen and oxygen atoms in total. The number of methoxy groups -OCH3 is 1. The molecule has 0 saturated carbocycles.